The highest BCUT2D eigenvalue weighted by Gasteiger charge is 2.28. The lowest BCUT2D eigenvalue weighted by atomic mass is 9.75. The number of ether oxygens (including phenoxy) is 1. The first kappa shape index (κ1) is 13.2. The molecule has 0 spiro atoms. The predicted molar refractivity (Wildman–Crippen MR) is 75.1 cm³/mol. The van der Waals surface area contributed by atoms with Gasteiger partial charge in [0.15, 0.2) is 11.6 Å². The molecule has 1 unspecified atom stereocenters. The van der Waals surface area contributed by atoms with Crippen molar-refractivity contribution in [3.8, 4) is 5.75 Å². The highest BCUT2D eigenvalue weighted by Crippen LogP contribution is 2.37. The van der Waals surface area contributed by atoms with Gasteiger partial charge in [-0.05, 0) is 43.7 Å². The number of anilines is 1. The molecule has 1 N–H and O–H groups in total. The van der Waals surface area contributed by atoms with Gasteiger partial charge in [-0.3, -0.25) is 0 Å². The summed E-state index contributed by atoms with van der Waals surface area (Å²) in [4.78, 5) is 4.40. The number of hydrogen-bond donors (Lipinski definition) is 1. The lowest BCUT2D eigenvalue weighted by Crippen LogP contribution is -2.32. The van der Waals surface area contributed by atoms with Crippen LogP contribution in [0.25, 0.3) is 0 Å². The maximum Gasteiger partial charge on any atom is 0.168 e. The number of aromatic nitrogens is 1. The van der Waals surface area contributed by atoms with Crippen LogP contribution in [0.3, 0.4) is 0 Å². The molecule has 1 heterocycles. The zero-order chi connectivity index (χ0) is 13.0. The molecule has 18 heavy (non-hydrogen) atoms. The topological polar surface area (TPSA) is 34.1 Å². The molecule has 1 aliphatic carbocycles. The molecule has 1 atom stereocenters. The first-order valence-electron chi connectivity index (χ1n) is 6.95. The molecule has 3 heteroatoms. The number of rotatable bonds is 4. The summed E-state index contributed by atoms with van der Waals surface area (Å²) in [7, 11) is 0. The van der Waals surface area contributed by atoms with Crippen LogP contribution < -0.4 is 10.1 Å². The predicted octanol–water partition coefficient (Wildman–Crippen LogP) is 3.86. The smallest absolute Gasteiger partial charge is 0.168 e. The number of nitrogens with zero attached hydrogens (tertiary/aromatic N) is 1. The first-order chi connectivity index (χ1) is 8.61. The van der Waals surface area contributed by atoms with Crippen LogP contribution in [0.1, 0.15) is 46.5 Å². The van der Waals surface area contributed by atoms with Crippen molar-refractivity contribution in [2.45, 2.75) is 52.5 Å². The first-order valence-corrected chi connectivity index (χ1v) is 6.95. The van der Waals surface area contributed by atoms with Crippen molar-refractivity contribution in [1.29, 1.82) is 0 Å². The zero-order valence-corrected chi connectivity index (χ0v) is 11.7. The lowest BCUT2D eigenvalue weighted by Gasteiger charge is -2.35. The summed E-state index contributed by atoms with van der Waals surface area (Å²) >= 11 is 0. The molecule has 0 radical (unpaired) electrons. The summed E-state index contributed by atoms with van der Waals surface area (Å²) < 4.78 is 5.61. The highest BCUT2D eigenvalue weighted by atomic mass is 16.5. The third kappa shape index (κ3) is 3.37. The largest absolute Gasteiger partial charge is 0.490 e. The molecular weight excluding hydrogens is 224 g/mol. The van der Waals surface area contributed by atoms with Crippen molar-refractivity contribution in [2.75, 3.05) is 11.9 Å². The fourth-order valence-corrected chi connectivity index (χ4v) is 2.79. The van der Waals surface area contributed by atoms with Crippen molar-refractivity contribution in [3.63, 3.8) is 0 Å². The van der Waals surface area contributed by atoms with Crippen LogP contribution in [0.2, 0.25) is 0 Å². The zero-order valence-electron chi connectivity index (χ0n) is 11.7. The Kier molecular flexibility index (Phi) is 4.10. The van der Waals surface area contributed by atoms with Gasteiger partial charge in [-0.1, -0.05) is 20.3 Å². The minimum atomic E-state index is 0.441. The molecule has 1 saturated carbocycles. The van der Waals surface area contributed by atoms with E-state index in [4.69, 9.17) is 4.74 Å². The molecule has 0 aromatic carbocycles. The van der Waals surface area contributed by atoms with E-state index in [1.54, 1.807) is 0 Å². The summed E-state index contributed by atoms with van der Waals surface area (Å²) in [5.74, 6) is 1.76. The van der Waals surface area contributed by atoms with E-state index in [1.165, 1.54) is 25.7 Å². The second-order valence-corrected chi connectivity index (χ2v) is 5.88. The van der Waals surface area contributed by atoms with Crippen LogP contribution in [0.15, 0.2) is 18.3 Å². The minimum Gasteiger partial charge on any atom is -0.490 e. The van der Waals surface area contributed by atoms with Gasteiger partial charge in [0, 0.05) is 12.2 Å². The Balaban J connectivity index is 2.04. The summed E-state index contributed by atoms with van der Waals surface area (Å²) in [6, 6.07) is 4.41. The van der Waals surface area contributed by atoms with Crippen molar-refractivity contribution in [2.24, 2.45) is 5.41 Å². The van der Waals surface area contributed by atoms with Crippen LogP contribution in [0, 0.1) is 5.41 Å². The van der Waals surface area contributed by atoms with Gasteiger partial charge in [0.05, 0.1) is 6.61 Å². The van der Waals surface area contributed by atoms with E-state index in [0.717, 1.165) is 11.6 Å². The van der Waals surface area contributed by atoms with Crippen LogP contribution in [-0.4, -0.2) is 17.6 Å². The summed E-state index contributed by atoms with van der Waals surface area (Å²) in [6.45, 7) is 7.38. The molecule has 100 valence electrons. The van der Waals surface area contributed by atoms with Gasteiger partial charge in [0.1, 0.15) is 0 Å². The molecule has 1 aromatic heterocycles. The Labute approximate surface area is 110 Å². The molecule has 0 bridgehead atoms. The van der Waals surface area contributed by atoms with E-state index in [-0.39, 0.29) is 0 Å². The Morgan fingerprint density at radius 3 is 3.06 bits per heavy atom. The van der Waals surface area contributed by atoms with Crippen molar-refractivity contribution in [1.82, 2.24) is 4.98 Å². The molecule has 0 amide bonds. The molecule has 1 aromatic rings. The Hall–Kier alpha value is -1.25. The average molecular weight is 248 g/mol. The van der Waals surface area contributed by atoms with Gasteiger partial charge < -0.3 is 10.1 Å². The monoisotopic (exact) mass is 248 g/mol. The fourth-order valence-electron chi connectivity index (χ4n) is 2.79. The SMILES string of the molecule is CCOc1cccnc1NC1CCCC(C)(C)C1. The van der Waals surface area contributed by atoms with E-state index in [2.05, 4.69) is 24.1 Å². The third-order valence-electron chi connectivity index (χ3n) is 3.62. The second kappa shape index (κ2) is 5.59. The van der Waals surface area contributed by atoms with Crippen LogP contribution in [-0.2, 0) is 0 Å². The molecule has 3 nitrogen and oxygen atoms in total. The normalized spacial score (nSPS) is 22.5. The van der Waals surface area contributed by atoms with E-state index < -0.39 is 0 Å². The number of hydrogen-bond acceptors (Lipinski definition) is 3. The summed E-state index contributed by atoms with van der Waals surface area (Å²) in [6.07, 6.45) is 6.87. The van der Waals surface area contributed by atoms with Gasteiger partial charge in [0.2, 0.25) is 0 Å². The van der Waals surface area contributed by atoms with Crippen LogP contribution in [0.5, 0.6) is 5.75 Å². The Morgan fingerprint density at radius 2 is 2.33 bits per heavy atom. The molecule has 1 fully saturated rings. The third-order valence-corrected chi connectivity index (χ3v) is 3.62. The van der Waals surface area contributed by atoms with Crippen molar-refractivity contribution < 1.29 is 4.74 Å². The van der Waals surface area contributed by atoms with E-state index in [1.807, 2.05) is 25.3 Å². The molecule has 1 aliphatic rings. The van der Waals surface area contributed by atoms with E-state index in [9.17, 15) is 0 Å². The molecule has 2 rings (SSSR count). The molecule has 0 aliphatic heterocycles. The summed E-state index contributed by atoms with van der Waals surface area (Å²) in [5, 5.41) is 3.55. The Morgan fingerprint density at radius 1 is 1.50 bits per heavy atom. The van der Waals surface area contributed by atoms with E-state index in [0.29, 0.717) is 18.1 Å². The molecule has 0 saturated heterocycles. The maximum atomic E-state index is 5.61. The average Bonchev–Trinajstić information content (AvgIpc) is 2.31. The Bertz CT molecular complexity index is 390. The minimum absolute atomic E-state index is 0.441. The maximum absolute atomic E-state index is 5.61. The van der Waals surface area contributed by atoms with Crippen LogP contribution >= 0.6 is 0 Å². The number of pyridine rings is 1. The standard InChI is InChI=1S/C15H24N2O/c1-4-18-13-8-6-10-16-14(13)17-12-7-5-9-15(2,3)11-12/h6,8,10,12H,4-5,7,9,11H2,1-3H3,(H,16,17). The summed E-state index contributed by atoms with van der Waals surface area (Å²) in [5.41, 5.74) is 0.441. The van der Waals surface area contributed by atoms with Crippen molar-refractivity contribution >= 4 is 5.82 Å². The van der Waals surface area contributed by atoms with Gasteiger partial charge in [0.25, 0.3) is 0 Å². The fraction of sp³-hybridized carbons (Fsp3) is 0.667. The van der Waals surface area contributed by atoms with Gasteiger partial charge in [-0.15, -0.1) is 0 Å². The number of nitrogens with one attached hydrogen (secondary N) is 1. The van der Waals surface area contributed by atoms with Gasteiger partial charge >= 0.3 is 0 Å². The van der Waals surface area contributed by atoms with Gasteiger partial charge in [-0.2, -0.15) is 0 Å². The highest BCUT2D eigenvalue weighted by molar-refractivity contribution is 5.50. The van der Waals surface area contributed by atoms with Crippen molar-refractivity contribution in [3.05, 3.63) is 18.3 Å². The van der Waals surface area contributed by atoms with Gasteiger partial charge in [-0.25, -0.2) is 4.98 Å². The van der Waals surface area contributed by atoms with E-state index >= 15 is 0 Å². The lowest BCUT2D eigenvalue weighted by molar-refractivity contribution is 0.229. The quantitative estimate of drug-likeness (QED) is 0.878. The molecular formula is C15H24N2O. The second-order valence-electron chi connectivity index (χ2n) is 5.88. The van der Waals surface area contributed by atoms with Crippen LogP contribution in [0.4, 0.5) is 5.82 Å².